The van der Waals surface area contributed by atoms with Crippen molar-refractivity contribution in [3.05, 3.63) is 28.5 Å². The predicted molar refractivity (Wildman–Crippen MR) is 58.7 cm³/mol. The summed E-state index contributed by atoms with van der Waals surface area (Å²) in [6.45, 7) is 0. The Kier molecular flexibility index (Phi) is 2.41. The number of pyridine rings is 1. The molecule has 0 aliphatic rings. The van der Waals surface area contributed by atoms with E-state index in [-0.39, 0.29) is 12.1 Å². The Labute approximate surface area is 90.5 Å². The van der Waals surface area contributed by atoms with E-state index in [4.69, 9.17) is 7.85 Å². The molecule has 0 spiro atoms. The lowest BCUT2D eigenvalue weighted by Crippen LogP contribution is -1.95. The molecule has 2 rings (SSSR count). The molecule has 2 aromatic rings. The third-order valence-corrected chi connectivity index (χ3v) is 2.42. The van der Waals surface area contributed by atoms with E-state index in [9.17, 15) is 4.79 Å². The first-order valence-electron chi connectivity index (χ1n) is 4.08. The van der Waals surface area contributed by atoms with Gasteiger partial charge < -0.3 is 4.98 Å². The fraction of sp³-hybridized carbons (Fsp3) is 0.111. The predicted octanol–water partition coefficient (Wildman–Crippen LogP) is 2.09. The number of carbonyl (C=O) groups excluding carboxylic acids is 1. The highest BCUT2D eigenvalue weighted by molar-refractivity contribution is 9.10. The maximum Gasteiger partial charge on any atom is 0.156 e. The molecule has 0 bridgehead atoms. The van der Waals surface area contributed by atoms with Crippen LogP contribution in [0.25, 0.3) is 11.0 Å². The summed E-state index contributed by atoms with van der Waals surface area (Å²) in [5.74, 6) is -0.0869. The Hall–Kier alpha value is -1.10. The second-order valence-electron chi connectivity index (χ2n) is 2.88. The van der Waals surface area contributed by atoms with Crippen LogP contribution < -0.4 is 0 Å². The van der Waals surface area contributed by atoms with Crippen LogP contribution in [0.4, 0.5) is 0 Å². The van der Waals surface area contributed by atoms with Crippen molar-refractivity contribution in [3.8, 4) is 0 Å². The molecule has 0 fully saturated rings. The molecule has 0 aliphatic heterocycles. The number of rotatable bonds is 2. The van der Waals surface area contributed by atoms with Crippen molar-refractivity contribution in [2.75, 3.05) is 0 Å². The van der Waals surface area contributed by atoms with E-state index in [1.165, 1.54) is 0 Å². The van der Waals surface area contributed by atoms with Crippen LogP contribution in [-0.4, -0.2) is 23.6 Å². The molecule has 1 N–H and O–H groups in total. The van der Waals surface area contributed by atoms with E-state index in [2.05, 4.69) is 25.9 Å². The molecule has 2 aromatic heterocycles. The third-order valence-electron chi connectivity index (χ3n) is 1.98. The maximum atomic E-state index is 11.4. The van der Waals surface area contributed by atoms with Gasteiger partial charge in [0.2, 0.25) is 0 Å². The topological polar surface area (TPSA) is 45.8 Å². The van der Waals surface area contributed by atoms with Gasteiger partial charge in [-0.15, -0.1) is 0 Å². The van der Waals surface area contributed by atoms with Gasteiger partial charge in [-0.25, -0.2) is 4.98 Å². The average Bonchev–Trinajstić information content (AvgIpc) is 2.59. The molecular weight excluding hydrogens is 243 g/mol. The number of hydrogen-bond acceptors (Lipinski definition) is 2. The molecular formula is C9H6BBrN2O. The molecule has 14 heavy (non-hydrogen) atoms. The Bertz CT molecular complexity index is 495. The van der Waals surface area contributed by atoms with Crippen molar-refractivity contribution in [2.45, 2.75) is 6.32 Å². The molecule has 0 unspecified atom stereocenters. The Morgan fingerprint density at radius 2 is 2.43 bits per heavy atom. The number of carbonyl (C=O) groups is 1. The largest absolute Gasteiger partial charge is 0.345 e. The van der Waals surface area contributed by atoms with Crippen LogP contribution in [0.15, 0.2) is 22.9 Å². The molecule has 0 aromatic carbocycles. The molecule has 0 saturated carbocycles. The summed E-state index contributed by atoms with van der Waals surface area (Å²) in [5, 5.41) is 0.801. The zero-order valence-corrected chi connectivity index (χ0v) is 8.84. The van der Waals surface area contributed by atoms with Gasteiger partial charge in [-0.2, -0.15) is 0 Å². The summed E-state index contributed by atoms with van der Waals surface area (Å²) in [6, 6.07) is 1.85. The van der Waals surface area contributed by atoms with Gasteiger partial charge in [-0.3, -0.25) is 4.79 Å². The number of ketones is 1. The molecule has 0 aliphatic carbocycles. The van der Waals surface area contributed by atoms with E-state index >= 15 is 0 Å². The highest BCUT2D eigenvalue weighted by Gasteiger charge is 2.10. The summed E-state index contributed by atoms with van der Waals surface area (Å²) in [5.41, 5.74) is 1.29. The Morgan fingerprint density at radius 1 is 1.64 bits per heavy atom. The number of aromatic amines is 1. The number of nitrogens with one attached hydrogen (secondary N) is 1. The van der Waals surface area contributed by atoms with Crippen molar-refractivity contribution < 1.29 is 4.79 Å². The van der Waals surface area contributed by atoms with Crippen molar-refractivity contribution in [2.24, 2.45) is 0 Å². The lowest BCUT2D eigenvalue weighted by molar-refractivity contribution is 0.101. The van der Waals surface area contributed by atoms with Gasteiger partial charge in [-0.05, 0) is 28.3 Å². The zero-order chi connectivity index (χ0) is 10.1. The molecule has 5 heteroatoms. The molecule has 2 heterocycles. The van der Waals surface area contributed by atoms with E-state index in [1.54, 1.807) is 12.4 Å². The fourth-order valence-corrected chi connectivity index (χ4v) is 1.65. The third kappa shape index (κ3) is 1.48. The number of H-pyrrole nitrogens is 1. The summed E-state index contributed by atoms with van der Waals surface area (Å²) in [6.07, 6.45) is 3.33. The van der Waals surface area contributed by atoms with Gasteiger partial charge in [0.25, 0.3) is 0 Å². The number of Topliss-reactive ketones (excluding diaryl/α,β-unsaturated/α-hetero) is 1. The van der Waals surface area contributed by atoms with E-state index in [0.29, 0.717) is 11.2 Å². The first-order valence-corrected chi connectivity index (χ1v) is 4.87. The van der Waals surface area contributed by atoms with Crippen molar-refractivity contribution in [3.63, 3.8) is 0 Å². The van der Waals surface area contributed by atoms with Crippen LogP contribution in [0.1, 0.15) is 10.4 Å². The monoisotopic (exact) mass is 248 g/mol. The van der Waals surface area contributed by atoms with Crippen LogP contribution >= 0.6 is 15.9 Å². The highest BCUT2D eigenvalue weighted by atomic mass is 79.9. The second kappa shape index (κ2) is 3.57. The van der Waals surface area contributed by atoms with Crippen molar-refractivity contribution >= 4 is 40.6 Å². The number of aromatic nitrogens is 2. The maximum absolute atomic E-state index is 11.4. The van der Waals surface area contributed by atoms with E-state index < -0.39 is 0 Å². The van der Waals surface area contributed by atoms with E-state index in [0.717, 1.165) is 9.86 Å². The van der Waals surface area contributed by atoms with Crippen molar-refractivity contribution in [1.82, 2.24) is 9.97 Å². The first-order chi connectivity index (χ1) is 6.72. The second-order valence-corrected chi connectivity index (χ2v) is 3.80. The SMILES string of the molecule is [B]CC(=O)c1c[nH]c2ncc(Br)cc12. The number of halogens is 1. The van der Waals surface area contributed by atoms with Crippen LogP contribution in [0.2, 0.25) is 6.32 Å². The van der Waals surface area contributed by atoms with Gasteiger partial charge >= 0.3 is 0 Å². The highest BCUT2D eigenvalue weighted by Crippen LogP contribution is 2.21. The smallest absolute Gasteiger partial charge is 0.156 e. The molecule has 2 radical (unpaired) electrons. The standard InChI is InChI=1S/C9H6BBrN2O/c10-2-8(14)7-4-13-9-6(7)1-5(11)3-12-9/h1,3-4H,2H2,(H,12,13). The molecule has 0 atom stereocenters. The van der Waals surface area contributed by atoms with Gasteiger partial charge in [0.15, 0.2) is 5.78 Å². The average molecular weight is 249 g/mol. The summed E-state index contributed by atoms with van der Waals surface area (Å²) >= 11 is 3.30. The summed E-state index contributed by atoms with van der Waals surface area (Å²) < 4.78 is 0.843. The number of fused-ring (bicyclic) bond motifs is 1. The van der Waals surface area contributed by atoms with Crippen LogP contribution in [-0.2, 0) is 0 Å². The molecule has 3 nitrogen and oxygen atoms in total. The van der Waals surface area contributed by atoms with Gasteiger partial charge in [-0.1, -0.05) is 0 Å². The van der Waals surface area contributed by atoms with Crippen LogP contribution in [0, 0.1) is 0 Å². The number of hydrogen-bond donors (Lipinski definition) is 1. The Morgan fingerprint density at radius 3 is 3.14 bits per heavy atom. The Balaban J connectivity index is 2.67. The zero-order valence-electron chi connectivity index (χ0n) is 7.25. The van der Waals surface area contributed by atoms with Crippen molar-refractivity contribution in [1.29, 1.82) is 0 Å². The minimum absolute atomic E-state index is 0.0134. The quantitative estimate of drug-likeness (QED) is 0.654. The van der Waals surface area contributed by atoms with Gasteiger partial charge in [0.05, 0.1) is 7.85 Å². The first kappa shape index (κ1) is 9.46. The molecule has 68 valence electrons. The minimum atomic E-state index is -0.0869. The number of nitrogens with zero attached hydrogens (tertiary/aromatic N) is 1. The molecule has 0 saturated heterocycles. The summed E-state index contributed by atoms with van der Waals surface area (Å²) in [4.78, 5) is 18.5. The van der Waals surface area contributed by atoms with E-state index in [1.807, 2.05) is 6.07 Å². The lowest BCUT2D eigenvalue weighted by Gasteiger charge is -1.95. The lowest BCUT2D eigenvalue weighted by atomic mass is 9.96. The van der Waals surface area contributed by atoms with Crippen LogP contribution in [0.5, 0.6) is 0 Å². The fourth-order valence-electron chi connectivity index (χ4n) is 1.32. The van der Waals surface area contributed by atoms with Gasteiger partial charge in [0, 0.05) is 27.8 Å². The van der Waals surface area contributed by atoms with Crippen LogP contribution in [0.3, 0.4) is 0 Å². The van der Waals surface area contributed by atoms with Gasteiger partial charge in [0.1, 0.15) is 5.65 Å². The summed E-state index contributed by atoms with van der Waals surface area (Å²) in [7, 11) is 5.30. The minimum Gasteiger partial charge on any atom is -0.345 e. The molecule has 0 amide bonds. The normalized spacial score (nSPS) is 10.6.